The highest BCUT2D eigenvalue weighted by molar-refractivity contribution is 5.78. The Labute approximate surface area is 125 Å². The number of likely N-dealkylation sites (N-methyl/N-ethyl adjacent to an activating group) is 1. The molecule has 1 aromatic carbocycles. The van der Waals surface area contributed by atoms with E-state index in [1.54, 1.807) is 11.9 Å². The Bertz CT molecular complexity index is 475. The lowest BCUT2D eigenvalue weighted by molar-refractivity contribution is -0.139. The molecule has 2 rings (SSSR count). The smallest absolute Gasteiger partial charge is 0.236 e. The maximum atomic E-state index is 11.9. The van der Waals surface area contributed by atoms with Gasteiger partial charge in [-0.2, -0.15) is 0 Å². The third-order valence-corrected chi connectivity index (χ3v) is 3.76. The fraction of sp³-hybridized carbons (Fsp3) is 0.562. The number of nitrogens with one attached hydrogen (secondary N) is 1. The number of nitrogens with zero attached hydrogens (tertiary/aromatic N) is 1. The molecule has 116 valence electrons. The molecule has 1 amide bonds. The zero-order valence-electron chi connectivity index (χ0n) is 12.8. The van der Waals surface area contributed by atoms with Crippen LogP contribution in [0.3, 0.4) is 0 Å². The summed E-state index contributed by atoms with van der Waals surface area (Å²) in [6.45, 7) is 3.56. The van der Waals surface area contributed by atoms with E-state index in [0.717, 1.165) is 12.2 Å². The molecule has 0 unspecified atom stereocenters. The molecule has 1 saturated heterocycles. The molecule has 1 atom stereocenters. The summed E-state index contributed by atoms with van der Waals surface area (Å²) in [5.74, 6) is 0.763. The first-order valence-electron chi connectivity index (χ1n) is 7.37. The van der Waals surface area contributed by atoms with E-state index < -0.39 is 5.60 Å². The van der Waals surface area contributed by atoms with Gasteiger partial charge in [-0.15, -0.1) is 0 Å². The number of hydrogen-bond donors (Lipinski definition) is 2. The molecule has 1 fully saturated rings. The van der Waals surface area contributed by atoms with Crippen molar-refractivity contribution < 1.29 is 14.6 Å². The van der Waals surface area contributed by atoms with Gasteiger partial charge in [0, 0.05) is 6.54 Å². The number of aryl methyl sites for hydroxylation is 1. The number of piperidine rings is 1. The quantitative estimate of drug-likeness (QED) is 0.848. The lowest BCUT2D eigenvalue weighted by Crippen LogP contribution is -2.54. The SMILES string of the molecule is CNCC(=O)N1CCC[C@](O)(COc2ccc(C)cc2)C1. The van der Waals surface area contributed by atoms with Crippen LogP contribution in [0.2, 0.25) is 0 Å². The number of amides is 1. The largest absolute Gasteiger partial charge is 0.491 e. The van der Waals surface area contributed by atoms with E-state index >= 15 is 0 Å². The van der Waals surface area contributed by atoms with Crippen LogP contribution >= 0.6 is 0 Å². The summed E-state index contributed by atoms with van der Waals surface area (Å²) >= 11 is 0. The predicted molar refractivity (Wildman–Crippen MR) is 81.4 cm³/mol. The number of likely N-dealkylation sites (tertiary alicyclic amines) is 1. The van der Waals surface area contributed by atoms with Crippen molar-refractivity contribution in [2.24, 2.45) is 0 Å². The maximum Gasteiger partial charge on any atom is 0.236 e. The molecule has 0 aliphatic carbocycles. The summed E-state index contributed by atoms with van der Waals surface area (Å²) in [6, 6.07) is 7.74. The topological polar surface area (TPSA) is 61.8 Å². The van der Waals surface area contributed by atoms with E-state index in [1.165, 1.54) is 5.56 Å². The number of rotatable bonds is 5. The molecule has 5 nitrogen and oxygen atoms in total. The summed E-state index contributed by atoms with van der Waals surface area (Å²) in [5, 5.41) is 13.5. The van der Waals surface area contributed by atoms with E-state index in [9.17, 15) is 9.90 Å². The molecule has 0 radical (unpaired) electrons. The molecule has 0 aromatic heterocycles. The predicted octanol–water partition coefficient (Wildman–Crippen LogP) is 0.947. The van der Waals surface area contributed by atoms with Crippen LogP contribution in [0.5, 0.6) is 5.75 Å². The number of benzene rings is 1. The van der Waals surface area contributed by atoms with E-state index in [2.05, 4.69) is 5.32 Å². The minimum absolute atomic E-state index is 0.0194. The number of β-amino-alcohol motifs (C(OH)–C–C–N with tert-alkyl or cyclic N) is 1. The molecule has 0 saturated carbocycles. The molecule has 1 heterocycles. The van der Waals surface area contributed by atoms with Gasteiger partial charge in [-0.25, -0.2) is 0 Å². The highest BCUT2D eigenvalue weighted by Gasteiger charge is 2.35. The second kappa shape index (κ2) is 6.91. The average Bonchev–Trinajstić information content (AvgIpc) is 2.47. The first kappa shape index (κ1) is 15.8. The average molecular weight is 292 g/mol. The van der Waals surface area contributed by atoms with E-state index in [-0.39, 0.29) is 12.5 Å². The van der Waals surface area contributed by atoms with Crippen molar-refractivity contribution >= 4 is 5.91 Å². The number of hydrogen-bond acceptors (Lipinski definition) is 4. The van der Waals surface area contributed by atoms with Crippen LogP contribution < -0.4 is 10.1 Å². The van der Waals surface area contributed by atoms with Gasteiger partial charge < -0.3 is 20.1 Å². The number of aliphatic hydroxyl groups is 1. The van der Waals surface area contributed by atoms with Crippen LogP contribution in [-0.2, 0) is 4.79 Å². The zero-order valence-corrected chi connectivity index (χ0v) is 12.8. The molecule has 21 heavy (non-hydrogen) atoms. The van der Waals surface area contributed by atoms with Gasteiger partial charge in [0.05, 0.1) is 13.1 Å². The van der Waals surface area contributed by atoms with Gasteiger partial charge >= 0.3 is 0 Å². The monoisotopic (exact) mass is 292 g/mol. The second-order valence-electron chi connectivity index (χ2n) is 5.78. The minimum Gasteiger partial charge on any atom is -0.491 e. The Balaban J connectivity index is 1.91. The zero-order chi connectivity index (χ0) is 15.3. The van der Waals surface area contributed by atoms with Crippen molar-refractivity contribution in [3.05, 3.63) is 29.8 Å². The lowest BCUT2D eigenvalue weighted by atomic mass is 9.93. The fourth-order valence-corrected chi connectivity index (χ4v) is 2.56. The standard InChI is InChI=1S/C16H24N2O3/c1-13-4-6-14(7-5-13)21-12-16(20)8-3-9-18(11-16)15(19)10-17-2/h4-7,17,20H,3,8-12H2,1-2H3/t16-/m1/s1. The summed E-state index contributed by atoms with van der Waals surface area (Å²) < 4.78 is 5.69. The Morgan fingerprint density at radius 2 is 2.14 bits per heavy atom. The first-order chi connectivity index (χ1) is 10.0. The van der Waals surface area contributed by atoms with E-state index in [4.69, 9.17) is 4.74 Å². The van der Waals surface area contributed by atoms with Crippen LogP contribution in [0, 0.1) is 6.92 Å². The summed E-state index contributed by atoms with van der Waals surface area (Å²) in [5.41, 5.74) is 0.203. The number of carbonyl (C=O) groups excluding carboxylic acids is 1. The molecule has 0 spiro atoms. The van der Waals surface area contributed by atoms with Crippen LogP contribution in [-0.4, -0.2) is 54.8 Å². The first-order valence-corrected chi connectivity index (χ1v) is 7.37. The molecular formula is C16H24N2O3. The third-order valence-electron chi connectivity index (χ3n) is 3.76. The molecule has 1 aliphatic rings. The van der Waals surface area contributed by atoms with E-state index in [0.29, 0.717) is 26.1 Å². The Kier molecular flexibility index (Phi) is 5.20. The van der Waals surface area contributed by atoms with Crippen molar-refractivity contribution in [3.63, 3.8) is 0 Å². The highest BCUT2D eigenvalue weighted by Crippen LogP contribution is 2.23. The van der Waals surface area contributed by atoms with Crippen molar-refractivity contribution in [2.45, 2.75) is 25.4 Å². The van der Waals surface area contributed by atoms with Gasteiger partial charge in [0.2, 0.25) is 5.91 Å². The number of carbonyl (C=O) groups is 1. The summed E-state index contributed by atoms with van der Waals surface area (Å²) in [6.07, 6.45) is 1.45. The summed E-state index contributed by atoms with van der Waals surface area (Å²) in [4.78, 5) is 13.6. The molecule has 2 N–H and O–H groups in total. The van der Waals surface area contributed by atoms with Crippen LogP contribution in [0.1, 0.15) is 18.4 Å². The van der Waals surface area contributed by atoms with Gasteiger partial charge in [-0.05, 0) is 38.9 Å². The Morgan fingerprint density at radius 3 is 2.81 bits per heavy atom. The third kappa shape index (κ3) is 4.44. The van der Waals surface area contributed by atoms with Gasteiger partial charge in [-0.1, -0.05) is 17.7 Å². The fourth-order valence-electron chi connectivity index (χ4n) is 2.56. The summed E-state index contributed by atoms with van der Waals surface area (Å²) in [7, 11) is 1.74. The molecule has 1 aliphatic heterocycles. The molecule has 1 aromatic rings. The van der Waals surface area contributed by atoms with Gasteiger partial charge in [-0.3, -0.25) is 4.79 Å². The van der Waals surface area contributed by atoms with Crippen molar-refractivity contribution in [2.75, 3.05) is 33.3 Å². The van der Waals surface area contributed by atoms with Gasteiger partial charge in [0.25, 0.3) is 0 Å². The van der Waals surface area contributed by atoms with Crippen molar-refractivity contribution in [1.82, 2.24) is 10.2 Å². The van der Waals surface area contributed by atoms with Crippen LogP contribution in [0.4, 0.5) is 0 Å². The number of ether oxygens (including phenoxy) is 1. The Morgan fingerprint density at radius 1 is 1.43 bits per heavy atom. The molecule has 0 bridgehead atoms. The van der Waals surface area contributed by atoms with Gasteiger partial charge in [0.1, 0.15) is 18.0 Å². The lowest BCUT2D eigenvalue weighted by Gasteiger charge is -2.39. The maximum absolute atomic E-state index is 11.9. The highest BCUT2D eigenvalue weighted by atomic mass is 16.5. The van der Waals surface area contributed by atoms with Gasteiger partial charge in [0.15, 0.2) is 0 Å². The van der Waals surface area contributed by atoms with Crippen LogP contribution in [0.15, 0.2) is 24.3 Å². The minimum atomic E-state index is -0.966. The normalized spacial score (nSPS) is 22.1. The van der Waals surface area contributed by atoms with Crippen molar-refractivity contribution in [3.8, 4) is 5.75 Å². The molecular weight excluding hydrogens is 268 g/mol. The van der Waals surface area contributed by atoms with Crippen molar-refractivity contribution in [1.29, 1.82) is 0 Å². The van der Waals surface area contributed by atoms with E-state index in [1.807, 2.05) is 31.2 Å². The van der Waals surface area contributed by atoms with Crippen LogP contribution in [0.25, 0.3) is 0 Å². The second-order valence-corrected chi connectivity index (χ2v) is 5.78. The Hall–Kier alpha value is -1.59. The molecule has 5 heteroatoms.